The maximum Gasteiger partial charge on any atom is 0.327 e. The fraction of sp³-hybridized carbons (Fsp3) is 0.292. The Hall–Kier alpha value is -2.86. The highest BCUT2D eigenvalue weighted by atomic mass is 32.2. The number of hydrogen-bond donors (Lipinski definition) is 0. The zero-order valence-corrected chi connectivity index (χ0v) is 17.9. The van der Waals surface area contributed by atoms with Gasteiger partial charge in [0.2, 0.25) is 5.91 Å². The van der Waals surface area contributed by atoms with Crippen LogP contribution >= 0.6 is 11.8 Å². The van der Waals surface area contributed by atoms with Gasteiger partial charge < -0.3 is 4.90 Å². The van der Waals surface area contributed by atoms with Crippen LogP contribution in [0.3, 0.4) is 0 Å². The van der Waals surface area contributed by atoms with Gasteiger partial charge in [-0.05, 0) is 42.9 Å². The third-order valence-electron chi connectivity index (χ3n) is 5.63. The summed E-state index contributed by atoms with van der Waals surface area (Å²) in [7, 11) is 0. The van der Waals surface area contributed by atoms with E-state index in [2.05, 4.69) is 0 Å². The molecular formula is C24H24N2O3S. The molecule has 2 aliphatic rings. The van der Waals surface area contributed by atoms with Crippen LogP contribution < -0.4 is 0 Å². The molecule has 0 bridgehead atoms. The Bertz CT molecular complexity index is 1020. The number of carbonyl (C=O) groups is 3. The lowest BCUT2D eigenvalue weighted by molar-refractivity contribution is -0.131. The van der Waals surface area contributed by atoms with Crippen molar-refractivity contribution in [3.05, 3.63) is 82.3 Å². The zero-order valence-electron chi connectivity index (χ0n) is 17.1. The minimum atomic E-state index is -0.386. The molecule has 2 aliphatic heterocycles. The van der Waals surface area contributed by atoms with Crippen molar-refractivity contribution in [1.29, 1.82) is 0 Å². The highest BCUT2D eigenvalue weighted by Crippen LogP contribution is 2.34. The lowest BCUT2D eigenvalue weighted by Crippen LogP contribution is -2.62. The van der Waals surface area contributed by atoms with Crippen molar-refractivity contribution in [3.63, 3.8) is 0 Å². The molecule has 30 heavy (non-hydrogen) atoms. The van der Waals surface area contributed by atoms with Crippen LogP contribution in [0.15, 0.2) is 60.0 Å². The van der Waals surface area contributed by atoms with Crippen LogP contribution in [0, 0.1) is 13.8 Å². The Morgan fingerprint density at radius 1 is 1.07 bits per heavy atom. The molecule has 2 aromatic rings. The van der Waals surface area contributed by atoms with Crippen LogP contribution in [0.25, 0.3) is 0 Å². The number of rotatable bonds is 6. The van der Waals surface area contributed by atoms with E-state index in [9.17, 15) is 14.4 Å². The van der Waals surface area contributed by atoms with Gasteiger partial charge in [0.15, 0.2) is 5.78 Å². The summed E-state index contributed by atoms with van der Waals surface area (Å²) in [5, 5.41) is 1.47. The molecule has 0 N–H and O–H groups in total. The normalized spacial score (nSPS) is 20.6. The number of carbonyl (C=O) groups excluding carboxylic acids is 3. The Labute approximate surface area is 180 Å². The van der Waals surface area contributed by atoms with E-state index in [0.29, 0.717) is 18.5 Å². The number of Topliss-reactive ketones (excluding diaryl/α,β-unsaturated/α-hetero) is 1. The molecule has 3 amide bonds. The van der Waals surface area contributed by atoms with E-state index in [1.54, 1.807) is 4.90 Å². The van der Waals surface area contributed by atoms with Gasteiger partial charge in [-0.1, -0.05) is 54.1 Å². The fourth-order valence-corrected chi connectivity index (χ4v) is 5.00. The summed E-state index contributed by atoms with van der Waals surface area (Å²) in [6.07, 6.45) is 2.45. The molecule has 154 valence electrons. The summed E-state index contributed by atoms with van der Waals surface area (Å²) >= 11 is 1.42. The molecule has 5 nitrogen and oxygen atoms in total. The molecule has 2 unspecified atom stereocenters. The van der Waals surface area contributed by atoms with Gasteiger partial charge in [0.05, 0.1) is 12.6 Å². The minimum Gasteiger partial charge on any atom is -0.308 e. The molecule has 0 radical (unpaired) electrons. The molecule has 2 aromatic carbocycles. The lowest BCUT2D eigenvalue weighted by Gasteiger charge is -2.41. The van der Waals surface area contributed by atoms with Crippen molar-refractivity contribution in [1.82, 2.24) is 9.80 Å². The average Bonchev–Trinajstić information content (AvgIpc) is 3.23. The summed E-state index contributed by atoms with van der Waals surface area (Å²) in [6.45, 7) is 4.11. The smallest absolute Gasteiger partial charge is 0.308 e. The first-order valence-electron chi connectivity index (χ1n) is 10.0. The first-order chi connectivity index (χ1) is 14.5. The molecule has 4 rings (SSSR count). The Morgan fingerprint density at radius 3 is 2.60 bits per heavy atom. The van der Waals surface area contributed by atoms with E-state index in [1.807, 2.05) is 73.9 Å². The van der Waals surface area contributed by atoms with E-state index in [-0.39, 0.29) is 35.6 Å². The number of amides is 3. The van der Waals surface area contributed by atoms with Crippen LogP contribution in [0.2, 0.25) is 0 Å². The van der Waals surface area contributed by atoms with Crippen molar-refractivity contribution in [2.24, 2.45) is 0 Å². The number of nitrogens with zero attached hydrogens (tertiary/aromatic N) is 2. The Morgan fingerprint density at radius 2 is 1.83 bits per heavy atom. The Kier molecular flexibility index (Phi) is 5.77. The van der Waals surface area contributed by atoms with Crippen molar-refractivity contribution in [3.8, 4) is 0 Å². The first kappa shape index (κ1) is 20.4. The second kappa shape index (κ2) is 8.48. The van der Waals surface area contributed by atoms with Gasteiger partial charge in [-0.3, -0.25) is 14.5 Å². The second-order valence-electron chi connectivity index (χ2n) is 7.75. The summed E-state index contributed by atoms with van der Waals surface area (Å²) in [4.78, 5) is 42.1. The fourth-order valence-electron chi connectivity index (χ4n) is 3.93. The number of aryl methyl sites for hydroxylation is 2. The summed E-state index contributed by atoms with van der Waals surface area (Å²) in [5.74, 6) is -0.280. The van der Waals surface area contributed by atoms with Crippen LogP contribution in [0.5, 0.6) is 0 Å². The summed E-state index contributed by atoms with van der Waals surface area (Å²) in [5.41, 5.74) is 3.58. The van der Waals surface area contributed by atoms with Gasteiger partial charge in [-0.25, -0.2) is 4.79 Å². The number of benzene rings is 2. The predicted octanol–water partition coefficient (Wildman–Crippen LogP) is 3.99. The lowest BCUT2D eigenvalue weighted by atomic mass is 10.00. The quantitative estimate of drug-likeness (QED) is 0.663. The molecule has 1 fully saturated rings. The van der Waals surface area contributed by atoms with Gasteiger partial charge in [0.25, 0.3) is 0 Å². The van der Waals surface area contributed by atoms with E-state index >= 15 is 0 Å². The summed E-state index contributed by atoms with van der Waals surface area (Å²) < 4.78 is 0. The van der Waals surface area contributed by atoms with Crippen LogP contribution in [0.4, 0.5) is 4.79 Å². The molecule has 6 heteroatoms. The number of fused-ring (bicyclic) bond motifs is 1. The average molecular weight is 421 g/mol. The van der Waals surface area contributed by atoms with Crippen molar-refractivity contribution in [2.75, 3.05) is 13.1 Å². The van der Waals surface area contributed by atoms with E-state index in [4.69, 9.17) is 0 Å². The van der Waals surface area contributed by atoms with E-state index in [0.717, 1.165) is 16.7 Å². The highest BCUT2D eigenvalue weighted by Gasteiger charge is 2.47. The number of hydrogen-bond acceptors (Lipinski definition) is 4. The standard InChI is InChI=1S/C24H24N2O3S/c1-16-8-9-17(2)19(14-16)21(27)15-26-20-11-13-30-22(20)23(28)25(24(26)29)12-10-18-6-4-3-5-7-18/h3-9,11,13-14,20,22H,10,12,15H2,1-2H3. The summed E-state index contributed by atoms with van der Waals surface area (Å²) in [6, 6.07) is 14.8. The zero-order chi connectivity index (χ0) is 21.3. The molecule has 1 saturated heterocycles. The third kappa shape index (κ3) is 3.92. The minimum absolute atomic E-state index is 0.0374. The van der Waals surface area contributed by atoms with Crippen molar-refractivity contribution in [2.45, 2.75) is 31.6 Å². The molecular weight excluding hydrogens is 396 g/mol. The maximum atomic E-state index is 13.3. The van der Waals surface area contributed by atoms with E-state index in [1.165, 1.54) is 16.7 Å². The van der Waals surface area contributed by atoms with Crippen LogP contribution in [0.1, 0.15) is 27.0 Å². The third-order valence-corrected chi connectivity index (χ3v) is 6.72. The van der Waals surface area contributed by atoms with Gasteiger partial charge in [-0.2, -0.15) is 0 Å². The second-order valence-corrected chi connectivity index (χ2v) is 8.81. The van der Waals surface area contributed by atoms with Gasteiger partial charge in [0.1, 0.15) is 5.25 Å². The largest absolute Gasteiger partial charge is 0.327 e. The van der Waals surface area contributed by atoms with E-state index < -0.39 is 0 Å². The van der Waals surface area contributed by atoms with Gasteiger partial charge in [-0.15, -0.1) is 11.8 Å². The molecule has 0 aliphatic carbocycles. The van der Waals surface area contributed by atoms with Gasteiger partial charge >= 0.3 is 6.03 Å². The SMILES string of the molecule is Cc1ccc(C)c(C(=O)CN2C(=O)N(CCc3ccccc3)C(=O)C3SC=CC32)c1. The molecule has 2 heterocycles. The van der Waals surface area contributed by atoms with Crippen LogP contribution in [-0.2, 0) is 11.2 Å². The highest BCUT2D eigenvalue weighted by molar-refractivity contribution is 8.03. The number of ketones is 1. The molecule has 2 atom stereocenters. The van der Waals surface area contributed by atoms with Crippen LogP contribution in [-0.4, -0.2) is 51.9 Å². The first-order valence-corrected chi connectivity index (χ1v) is 11.0. The molecule has 0 aromatic heterocycles. The number of urea groups is 1. The topological polar surface area (TPSA) is 57.7 Å². The van der Waals surface area contributed by atoms with Crippen molar-refractivity contribution >= 4 is 29.5 Å². The Balaban J connectivity index is 1.55. The van der Waals surface area contributed by atoms with Crippen molar-refractivity contribution < 1.29 is 14.4 Å². The monoisotopic (exact) mass is 420 g/mol. The number of imide groups is 1. The molecule has 0 spiro atoms. The maximum absolute atomic E-state index is 13.3. The number of thioether (sulfide) groups is 1. The van der Waals surface area contributed by atoms with Gasteiger partial charge in [0, 0.05) is 12.1 Å². The predicted molar refractivity (Wildman–Crippen MR) is 119 cm³/mol. The molecule has 0 saturated carbocycles.